The van der Waals surface area contributed by atoms with Gasteiger partial charge in [-0.25, -0.2) is 9.35 Å². The van der Waals surface area contributed by atoms with Crippen molar-refractivity contribution in [3.63, 3.8) is 0 Å². The molecule has 0 aromatic rings. The van der Waals surface area contributed by atoms with Gasteiger partial charge in [-0.15, -0.1) is 0 Å². The first-order chi connectivity index (χ1) is 3.06. The van der Waals surface area contributed by atoms with Gasteiger partial charge in [-0.1, -0.05) is 6.92 Å². The minimum atomic E-state index is -3.05. The molecule has 0 spiro atoms. The standard InChI is InChI=1S/C3H9NO2S/c1-2-3-7(4,5)6/h3H,2H2,1H3,(H3,4,5,6). The number of hydrogen-bond acceptors (Lipinski definition) is 1. The Hall–Kier alpha value is -0.0600. The van der Waals surface area contributed by atoms with Crippen LogP contribution in [0.5, 0.6) is 0 Å². The van der Waals surface area contributed by atoms with E-state index in [0.29, 0.717) is 6.42 Å². The van der Waals surface area contributed by atoms with E-state index >= 15 is 0 Å². The zero-order valence-corrected chi connectivity index (χ0v) is 4.94. The highest BCUT2D eigenvalue weighted by Crippen LogP contribution is 1.70. The Bertz CT molecular complexity index is 137. The second-order valence-electron chi connectivity index (χ2n) is 1.19. The highest BCUT2D eigenvalue weighted by Gasteiger charge is 1.82. The molecule has 0 radical (unpaired) electrons. The van der Waals surface area contributed by atoms with Gasteiger partial charge in [0.15, 0.2) is 0 Å². The monoisotopic (exact) mass is 123 g/mol. The van der Waals surface area contributed by atoms with Crippen molar-refractivity contribution in [3.05, 3.63) is 0 Å². The maximum atomic E-state index is 10.1. The molecule has 4 heteroatoms. The summed E-state index contributed by atoms with van der Waals surface area (Å²) in [6.07, 6.45) is 0.534. The van der Waals surface area contributed by atoms with Gasteiger partial charge in [-0.05, 0) is 6.42 Å². The minimum absolute atomic E-state index is 0.534. The van der Waals surface area contributed by atoms with E-state index in [1.807, 2.05) is 0 Å². The van der Waals surface area contributed by atoms with Gasteiger partial charge in [-0.2, -0.15) is 0 Å². The van der Waals surface area contributed by atoms with E-state index in [2.05, 4.69) is 5.14 Å². The lowest BCUT2D eigenvalue weighted by Crippen LogP contribution is -2.12. The molecule has 0 rings (SSSR count). The molecule has 0 saturated heterocycles. The van der Waals surface area contributed by atoms with E-state index in [1.54, 1.807) is 6.92 Å². The first-order valence-corrected chi connectivity index (χ1v) is 3.58. The van der Waals surface area contributed by atoms with Crippen molar-refractivity contribution in [1.29, 1.82) is 0 Å². The molecule has 0 heterocycles. The highest BCUT2D eigenvalue weighted by atomic mass is 32.2. The third kappa shape index (κ3) is 5.94. The van der Waals surface area contributed by atoms with Crippen LogP contribution in [-0.2, 0) is 9.99 Å². The quantitative estimate of drug-likeness (QED) is 0.475. The minimum Gasteiger partial charge on any atom is -0.303 e. The Labute approximate surface area is 43.5 Å². The van der Waals surface area contributed by atoms with Gasteiger partial charge in [0.1, 0.15) is 9.99 Å². The number of nitrogens with two attached hydrogens (primary N) is 1. The number of hydrogen-bond donors (Lipinski definition) is 2. The van der Waals surface area contributed by atoms with Gasteiger partial charge in [0.25, 0.3) is 0 Å². The summed E-state index contributed by atoms with van der Waals surface area (Å²) in [5, 5.41) is 5.85. The van der Waals surface area contributed by atoms with Gasteiger partial charge in [0, 0.05) is 5.37 Å². The van der Waals surface area contributed by atoms with Crippen LogP contribution in [0.15, 0.2) is 0 Å². The summed E-state index contributed by atoms with van der Waals surface area (Å²) in [5.74, 6) is 0. The lowest BCUT2D eigenvalue weighted by molar-refractivity contribution is 0.561. The summed E-state index contributed by atoms with van der Waals surface area (Å²) in [5.41, 5.74) is 0. The predicted molar refractivity (Wildman–Crippen MR) is 31.3 cm³/mol. The Balaban J connectivity index is 4.02. The SMILES string of the molecule is CCC=S(N)(=O)O. The van der Waals surface area contributed by atoms with Crippen LogP contribution in [0.1, 0.15) is 13.3 Å². The van der Waals surface area contributed by atoms with E-state index in [9.17, 15) is 4.21 Å². The van der Waals surface area contributed by atoms with Gasteiger partial charge in [0.05, 0.1) is 0 Å². The van der Waals surface area contributed by atoms with Crippen molar-refractivity contribution in [2.45, 2.75) is 13.3 Å². The molecule has 0 saturated carbocycles. The molecule has 7 heavy (non-hydrogen) atoms. The van der Waals surface area contributed by atoms with Crippen molar-refractivity contribution in [1.82, 2.24) is 0 Å². The normalized spacial score (nSPS) is 18.1. The Morgan fingerprint density at radius 1 is 2.00 bits per heavy atom. The van der Waals surface area contributed by atoms with E-state index in [0.717, 1.165) is 0 Å². The molecule has 0 aliphatic carbocycles. The van der Waals surface area contributed by atoms with Crippen molar-refractivity contribution in [2.75, 3.05) is 0 Å². The molecule has 0 aromatic heterocycles. The maximum absolute atomic E-state index is 10.1. The second-order valence-corrected chi connectivity index (χ2v) is 2.75. The third-order valence-electron chi connectivity index (χ3n) is 0.405. The molecule has 0 aliphatic rings. The lowest BCUT2D eigenvalue weighted by Gasteiger charge is -1.87. The summed E-state index contributed by atoms with van der Waals surface area (Å²) < 4.78 is 18.3. The van der Waals surface area contributed by atoms with Crippen LogP contribution in [0.3, 0.4) is 0 Å². The van der Waals surface area contributed by atoms with E-state index in [-0.39, 0.29) is 0 Å². The summed E-state index contributed by atoms with van der Waals surface area (Å²) in [7, 11) is -3.05. The molecule has 0 fully saturated rings. The topological polar surface area (TPSA) is 63.3 Å². The van der Waals surface area contributed by atoms with Gasteiger partial charge in [-0.3, -0.25) is 0 Å². The van der Waals surface area contributed by atoms with Crippen molar-refractivity contribution in [3.8, 4) is 0 Å². The fourth-order valence-corrected chi connectivity index (χ4v) is 0.716. The third-order valence-corrected chi connectivity index (χ3v) is 1.22. The molecule has 0 aromatic carbocycles. The molecule has 1 unspecified atom stereocenters. The molecule has 0 amide bonds. The van der Waals surface area contributed by atoms with Gasteiger partial charge in [0.2, 0.25) is 0 Å². The van der Waals surface area contributed by atoms with E-state index in [1.165, 1.54) is 5.37 Å². The zero-order valence-electron chi connectivity index (χ0n) is 4.13. The Morgan fingerprint density at radius 3 is 2.43 bits per heavy atom. The molecular weight excluding hydrogens is 114 g/mol. The molecule has 3 nitrogen and oxygen atoms in total. The predicted octanol–water partition coefficient (Wildman–Crippen LogP) is -0.170. The van der Waals surface area contributed by atoms with Crippen molar-refractivity contribution < 1.29 is 8.76 Å². The molecule has 0 bridgehead atoms. The summed E-state index contributed by atoms with van der Waals surface area (Å²) in [6, 6.07) is 0. The van der Waals surface area contributed by atoms with Crippen LogP contribution in [0.4, 0.5) is 0 Å². The fraction of sp³-hybridized carbons (Fsp3) is 0.667. The molecule has 3 N–H and O–H groups in total. The van der Waals surface area contributed by atoms with E-state index in [4.69, 9.17) is 4.55 Å². The first-order valence-electron chi connectivity index (χ1n) is 1.94. The van der Waals surface area contributed by atoms with Crippen LogP contribution >= 0.6 is 0 Å². The van der Waals surface area contributed by atoms with E-state index < -0.39 is 9.99 Å². The summed E-state index contributed by atoms with van der Waals surface area (Å²) in [6.45, 7) is 1.75. The van der Waals surface area contributed by atoms with Crippen molar-refractivity contribution in [2.24, 2.45) is 5.14 Å². The van der Waals surface area contributed by atoms with Crippen LogP contribution < -0.4 is 5.14 Å². The van der Waals surface area contributed by atoms with Crippen molar-refractivity contribution >= 4 is 15.4 Å². The molecular formula is C3H9NO2S. The zero-order chi connectivity index (χ0) is 5.91. The first kappa shape index (κ1) is 6.94. The average Bonchev–Trinajstić information content (AvgIpc) is 1.30. The number of rotatable bonds is 1. The maximum Gasteiger partial charge on any atom is 0.138 e. The Kier molecular flexibility index (Phi) is 2.28. The second kappa shape index (κ2) is 2.30. The largest absolute Gasteiger partial charge is 0.303 e. The Morgan fingerprint density at radius 2 is 2.43 bits per heavy atom. The average molecular weight is 123 g/mol. The molecule has 1 atom stereocenters. The van der Waals surface area contributed by atoms with Gasteiger partial charge >= 0.3 is 0 Å². The van der Waals surface area contributed by atoms with Crippen LogP contribution in [-0.4, -0.2) is 14.1 Å². The lowest BCUT2D eigenvalue weighted by atomic mass is 10.6. The van der Waals surface area contributed by atoms with Gasteiger partial charge < -0.3 is 4.55 Å². The highest BCUT2D eigenvalue weighted by molar-refractivity contribution is 7.93. The summed E-state index contributed by atoms with van der Waals surface area (Å²) >= 11 is 0. The fourth-order valence-electron chi connectivity index (χ4n) is 0.239. The van der Waals surface area contributed by atoms with Crippen LogP contribution in [0.2, 0.25) is 0 Å². The molecule has 44 valence electrons. The summed E-state index contributed by atoms with van der Waals surface area (Å²) in [4.78, 5) is 0. The smallest absolute Gasteiger partial charge is 0.138 e. The van der Waals surface area contributed by atoms with Crippen LogP contribution in [0, 0.1) is 0 Å². The molecule has 0 aliphatic heterocycles. The van der Waals surface area contributed by atoms with Crippen LogP contribution in [0.25, 0.3) is 0 Å².